The van der Waals surface area contributed by atoms with E-state index in [4.69, 9.17) is 4.74 Å². The van der Waals surface area contributed by atoms with E-state index in [-0.39, 0.29) is 11.8 Å². The van der Waals surface area contributed by atoms with E-state index < -0.39 is 10.5 Å². The van der Waals surface area contributed by atoms with Crippen molar-refractivity contribution in [3.63, 3.8) is 0 Å². The summed E-state index contributed by atoms with van der Waals surface area (Å²) in [6, 6.07) is 6.30. The Morgan fingerprint density at radius 2 is 1.73 bits per heavy atom. The van der Waals surface area contributed by atoms with E-state index in [0.717, 1.165) is 5.69 Å². The molecule has 0 aromatic heterocycles. The summed E-state index contributed by atoms with van der Waals surface area (Å²) < 4.78 is 5.27. The summed E-state index contributed by atoms with van der Waals surface area (Å²) in [5, 5.41) is 10.6. The number of amides is 1. The molecule has 7 nitrogen and oxygen atoms in total. The maximum absolute atomic E-state index is 11.8. The van der Waals surface area contributed by atoms with E-state index in [1.807, 2.05) is 32.7 Å². The van der Waals surface area contributed by atoms with Crippen molar-refractivity contribution in [2.45, 2.75) is 26.4 Å². The first-order valence-corrected chi connectivity index (χ1v) is 7.00. The maximum atomic E-state index is 11.8. The van der Waals surface area contributed by atoms with E-state index in [0.29, 0.717) is 13.1 Å². The Hall–Kier alpha value is -2.31. The van der Waals surface area contributed by atoms with E-state index in [9.17, 15) is 14.9 Å². The van der Waals surface area contributed by atoms with Gasteiger partial charge in [0.1, 0.15) is 5.60 Å². The van der Waals surface area contributed by atoms with E-state index in [2.05, 4.69) is 0 Å². The van der Waals surface area contributed by atoms with Gasteiger partial charge < -0.3 is 14.5 Å². The standard InChI is InChI=1S/C15H23N3O4/c1-15(2,3)22-14(19)17(5)11-10-16(4)12-6-8-13(9-7-12)18(20)21/h6-9H,10-11H2,1-5H3. The van der Waals surface area contributed by atoms with Crippen LogP contribution < -0.4 is 4.90 Å². The van der Waals surface area contributed by atoms with Crippen LogP contribution in [0.4, 0.5) is 16.2 Å². The monoisotopic (exact) mass is 309 g/mol. The van der Waals surface area contributed by atoms with Gasteiger partial charge in [0.05, 0.1) is 4.92 Å². The number of carbonyl (C=O) groups is 1. The number of nitro groups is 1. The van der Waals surface area contributed by atoms with Gasteiger partial charge in [-0.15, -0.1) is 0 Å². The number of nitro benzene ring substituents is 1. The lowest BCUT2D eigenvalue weighted by molar-refractivity contribution is -0.384. The number of non-ortho nitro benzene ring substituents is 1. The molecule has 7 heteroatoms. The number of hydrogen-bond acceptors (Lipinski definition) is 5. The first-order chi connectivity index (χ1) is 10.1. The molecule has 1 amide bonds. The van der Waals surface area contributed by atoms with Gasteiger partial charge in [0.25, 0.3) is 5.69 Å². The number of carbonyl (C=O) groups excluding carboxylic acids is 1. The third kappa shape index (κ3) is 5.59. The first-order valence-electron chi connectivity index (χ1n) is 7.00. The number of rotatable bonds is 5. The summed E-state index contributed by atoms with van der Waals surface area (Å²) in [4.78, 5) is 25.5. The Bertz CT molecular complexity index is 523. The molecule has 1 aromatic rings. The molecule has 0 radical (unpaired) electrons. The average molecular weight is 309 g/mol. The average Bonchev–Trinajstić information content (AvgIpc) is 2.42. The molecule has 0 aliphatic heterocycles. The lowest BCUT2D eigenvalue weighted by atomic mass is 10.2. The van der Waals surface area contributed by atoms with Crippen molar-refractivity contribution in [3.8, 4) is 0 Å². The van der Waals surface area contributed by atoms with Crippen molar-refractivity contribution in [2.75, 3.05) is 32.1 Å². The molecular formula is C15H23N3O4. The number of benzene rings is 1. The summed E-state index contributed by atoms with van der Waals surface area (Å²) in [6.07, 6.45) is -0.371. The predicted molar refractivity (Wildman–Crippen MR) is 85.2 cm³/mol. The molecule has 122 valence electrons. The van der Waals surface area contributed by atoms with Crippen LogP contribution in [-0.2, 0) is 4.74 Å². The number of anilines is 1. The predicted octanol–water partition coefficient (Wildman–Crippen LogP) is 2.90. The molecule has 0 atom stereocenters. The molecular weight excluding hydrogens is 286 g/mol. The van der Waals surface area contributed by atoms with Crippen LogP contribution in [0.2, 0.25) is 0 Å². The molecule has 0 saturated carbocycles. The summed E-state index contributed by atoms with van der Waals surface area (Å²) in [5.41, 5.74) is 0.390. The van der Waals surface area contributed by atoms with Gasteiger partial charge in [0.15, 0.2) is 0 Å². The molecule has 22 heavy (non-hydrogen) atoms. The fourth-order valence-electron chi connectivity index (χ4n) is 1.69. The molecule has 0 spiro atoms. The second kappa shape index (κ2) is 7.11. The maximum Gasteiger partial charge on any atom is 0.410 e. The summed E-state index contributed by atoms with van der Waals surface area (Å²) >= 11 is 0. The Kier molecular flexibility index (Phi) is 5.73. The van der Waals surface area contributed by atoms with Crippen molar-refractivity contribution in [1.29, 1.82) is 0 Å². The molecule has 0 unspecified atom stereocenters. The lowest BCUT2D eigenvalue weighted by Crippen LogP contribution is -2.38. The zero-order valence-electron chi connectivity index (χ0n) is 13.7. The van der Waals surface area contributed by atoms with Crippen LogP contribution in [0.15, 0.2) is 24.3 Å². The summed E-state index contributed by atoms with van der Waals surface area (Å²) in [7, 11) is 3.54. The van der Waals surface area contributed by atoms with Crippen molar-refractivity contribution < 1.29 is 14.5 Å². The Morgan fingerprint density at radius 3 is 2.18 bits per heavy atom. The van der Waals surface area contributed by atoms with Gasteiger partial charge in [-0.05, 0) is 32.9 Å². The van der Waals surface area contributed by atoms with Crippen molar-refractivity contribution in [1.82, 2.24) is 4.90 Å². The highest BCUT2D eigenvalue weighted by molar-refractivity contribution is 5.67. The largest absolute Gasteiger partial charge is 0.444 e. The van der Waals surface area contributed by atoms with Gasteiger partial charge >= 0.3 is 6.09 Å². The molecule has 0 aliphatic carbocycles. The van der Waals surface area contributed by atoms with Crippen LogP contribution in [0.3, 0.4) is 0 Å². The van der Waals surface area contributed by atoms with Crippen LogP contribution in [0.1, 0.15) is 20.8 Å². The SMILES string of the molecule is CN(CCN(C)c1ccc([N+](=O)[O-])cc1)C(=O)OC(C)(C)C. The number of ether oxygens (including phenoxy) is 1. The second-order valence-corrected chi connectivity index (χ2v) is 6.10. The lowest BCUT2D eigenvalue weighted by Gasteiger charge is -2.27. The van der Waals surface area contributed by atoms with Crippen molar-refractivity contribution in [2.24, 2.45) is 0 Å². The second-order valence-electron chi connectivity index (χ2n) is 6.10. The number of hydrogen-bond donors (Lipinski definition) is 0. The van der Waals surface area contributed by atoms with E-state index in [1.165, 1.54) is 17.0 Å². The highest BCUT2D eigenvalue weighted by Crippen LogP contribution is 2.18. The van der Waals surface area contributed by atoms with Gasteiger partial charge in [-0.1, -0.05) is 0 Å². The molecule has 0 heterocycles. The minimum absolute atomic E-state index is 0.0584. The van der Waals surface area contributed by atoms with Crippen LogP contribution in [0, 0.1) is 10.1 Å². The fraction of sp³-hybridized carbons (Fsp3) is 0.533. The van der Waals surface area contributed by atoms with Gasteiger partial charge in [0, 0.05) is 45.0 Å². The first kappa shape index (κ1) is 17.7. The smallest absolute Gasteiger partial charge is 0.410 e. The Balaban J connectivity index is 2.53. The van der Waals surface area contributed by atoms with Crippen LogP contribution in [0.25, 0.3) is 0 Å². The van der Waals surface area contributed by atoms with Gasteiger partial charge in [-0.3, -0.25) is 10.1 Å². The van der Waals surface area contributed by atoms with Crippen LogP contribution in [0.5, 0.6) is 0 Å². The number of nitrogens with zero attached hydrogens (tertiary/aromatic N) is 3. The quantitative estimate of drug-likeness (QED) is 0.617. The normalized spacial score (nSPS) is 11.0. The molecule has 0 bridgehead atoms. The van der Waals surface area contributed by atoms with E-state index in [1.54, 1.807) is 19.2 Å². The third-order valence-electron chi connectivity index (χ3n) is 2.98. The highest BCUT2D eigenvalue weighted by atomic mass is 16.6. The van der Waals surface area contributed by atoms with Crippen molar-refractivity contribution >= 4 is 17.5 Å². The molecule has 0 fully saturated rings. The van der Waals surface area contributed by atoms with Gasteiger partial charge in [0.2, 0.25) is 0 Å². The Morgan fingerprint density at radius 1 is 1.18 bits per heavy atom. The molecule has 0 aliphatic rings. The van der Waals surface area contributed by atoms with Gasteiger partial charge in [-0.2, -0.15) is 0 Å². The molecule has 0 N–H and O–H groups in total. The zero-order chi connectivity index (χ0) is 16.9. The van der Waals surface area contributed by atoms with Crippen molar-refractivity contribution in [3.05, 3.63) is 34.4 Å². The fourth-order valence-corrected chi connectivity index (χ4v) is 1.69. The molecule has 1 aromatic carbocycles. The Labute approximate surface area is 130 Å². The minimum Gasteiger partial charge on any atom is -0.444 e. The number of likely N-dealkylation sites (N-methyl/N-ethyl adjacent to an activating group) is 2. The minimum atomic E-state index is -0.518. The van der Waals surface area contributed by atoms with Crippen LogP contribution in [-0.4, -0.2) is 48.7 Å². The highest BCUT2D eigenvalue weighted by Gasteiger charge is 2.19. The third-order valence-corrected chi connectivity index (χ3v) is 2.98. The summed E-state index contributed by atoms with van der Waals surface area (Å²) in [6.45, 7) is 6.54. The molecule has 1 rings (SSSR count). The summed E-state index contributed by atoms with van der Waals surface area (Å²) in [5.74, 6) is 0. The van der Waals surface area contributed by atoms with E-state index >= 15 is 0 Å². The zero-order valence-corrected chi connectivity index (χ0v) is 13.7. The van der Waals surface area contributed by atoms with Crippen LogP contribution >= 0.6 is 0 Å². The topological polar surface area (TPSA) is 75.9 Å². The van der Waals surface area contributed by atoms with Gasteiger partial charge in [-0.25, -0.2) is 4.79 Å². The molecule has 0 saturated heterocycles.